The topological polar surface area (TPSA) is 110 Å². The molecule has 1 aromatic heterocycles. The maximum Gasteiger partial charge on any atom is 0.319 e. The number of nitrogens with one attached hydrogen (secondary N) is 2. The summed E-state index contributed by atoms with van der Waals surface area (Å²) in [6.07, 6.45) is 4.19. The Labute approximate surface area is 168 Å². The van der Waals surface area contributed by atoms with E-state index in [9.17, 15) is 9.59 Å². The SMILES string of the molecule is Cc1noc(CN2CCCCC(NC(=O)Nc3cccc4c3OCCC4)C2=O)n1. The van der Waals surface area contributed by atoms with Crippen LogP contribution in [0.3, 0.4) is 0 Å². The number of rotatable bonds is 4. The van der Waals surface area contributed by atoms with Gasteiger partial charge in [-0.25, -0.2) is 4.79 Å². The number of nitrogens with zero attached hydrogens (tertiary/aromatic N) is 3. The van der Waals surface area contributed by atoms with Crippen molar-refractivity contribution in [1.82, 2.24) is 20.4 Å². The summed E-state index contributed by atoms with van der Waals surface area (Å²) in [5.74, 6) is 1.51. The van der Waals surface area contributed by atoms with Gasteiger partial charge in [0.1, 0.15) is 18.3 Å². The lowest BCUT2D eigenvalue weighted by Crippen LogP contribution is -2.48. The number of urea groups is 1. The molecule has 1 atom stereocenters. The number of aryl methyl sites for hydroxylation is 2. The number of para-hydroxylation sites is 1. The molecule has 1 unspecified atom stereocenters. The van der Waals surface area contributed by atoms with Crippen molar-refractivity contribution < 1.29 is 18.8 Å². The first-order valence-electron chi connectivity index (χ1n) is 10.0. The Hall–Kier alpha value is -3.10. The lowest BCUT2D eigenvalue weighted by Gasteiger charge is -2.24. The molecule has 9 nitrogen and oxygen atoms in total. The highest BCUT2D eigenvalue weighted by atomic mass is 16.5. The van der Waals surface area contributed by atoms with Crippen molar-refractivity contribution in [2.45, 2.75) is 51.6 Å². The number of hydrogen-bond acceptors (Lipinski definition) is 6. The zero-order valence-corrected chi connectivity index (χ0v) is 16.4. The zero-order valence-electron chi connectivity index (χ0n) is 16.4. The number of carbonyl (C=O) groups is 2. The third kappa shape index (κ3) is 4.49. The number of carbonyl (C=O) groups excluding carboxylic acids is 2. The second kappa shape index (κ2) is 8.50. The summed E-state index contributed by atoms with van der Waals surface area (Å²) in [5.41, 5.74) is 1.71. The number of anilines is 1. The molecule has 0 aliphatic carbocycles. The maximum atomic E-state index is 12.9. The number of hydrogen-bond donors (Lipinski definition) is 2. The van der Waals surface area contributed by atoms with Gasteiger partial charge in [-0.15, -0.1) is 0 Å². The molecular formula is C20H25N5O4. The van der Waals surface area contributed by atoms with Crippen LogP contribution in [0.1, 0.15) is 43.0 Å². The van der Waals surface area contributed by atoms with Gasteiger partial charge in [0.25, 0.3) is 0 Å². The lowest BCUT2D eigenvalue weighted by molar-refractivity contribution is -0.133. The van der Waals surface area contributed by atoms with Crippen LogP contribution < -0.4 is 15.4 Å². The second-order valence-corrected chi connectivity index (χ2v) is 7.39. The van der Waals surface area contributed by atoms with Crippen LogP contribution in [-0.2, 0) is 17.8 Å². The van der Waals surface area contributed by atoms with Gasteiger partial charge in [-0.1, -0.05) is 17.3 Å². The quantitative estimate of drug-likeness (QED) is 0.817. The molecular weight excluding hydrogens is 374 g/mol. The highest BCUT2D eigenvalue weighted by Gasteiger charge is 2.29. The van der Waals surface area contributed by atoms with Crippen molar-refractivity contribution in [3.63, 3.8) is 0 Å². The molecule has 29 heavy (non-hydrogen) atoms. The molecule has 0 bridgehead atoms. The molecule has 1 aromatic carbocycles. The highest BCUT2D eigenvalue weighted by molar-refractivity contribution is 5.95. The van der Waals surface area contributed by atoms with Gasteiger partial charge >= 0.3 is 6.03 Å². The third-order valence-corrected chi connectivity index (χ3v) is 5.16. The Morgan fingerprint density at radius 1 is 1.31 bits per heavy atom. The van der Waals surface area contributed by atoms with Gasteiger partial charge in [0.2, 0.25) is 11.8 Å². The molecule has 2 N–H and O–H groups in total. The van der Waals surface area contributed by atoms with Gasteiger partial charge in [0, 0.05) is 6.54 Å². The average Bonchev–Trinajstić information content (AvgIpc) is 3.06. The Morgan fingerprint density at radius 2 is 2.21 bits per heavy atom. The fraction of sp³-hybridized carbons (Fsp3) is 0.500. The first-order chi connectivity index (χ1) is 14.1. The highest BCUT2D eigenvalue weighted by Crippen LogP contribution is 2.32. The van der Waals surface area contributed by atoms with Crippen molar-refractivity contribution in [2.75, 3.05) is 18.5 Å². The van der Waals surface area contributed by atoms with E-state index in [1.165, 1.54) is 0 Å². The van der Waals surface area contributed by atoms with Gasteiger partial charge in [-0.2, -0.15) is 4.98 Å². The molecule has 0 radical (unpaired) electrons. The van der Waals surface area contributed by atoms with E-state index < -0.39 is 12.1 Å². The maximum absolute atomic E-state index is 12.9. The number of fused-ring (bicyclic) bond motifs is 1. The van der Waals surface area contributed by atoms with Crippen molar-refractivity contribution >= 4 is 17.6 Å². The number of amides is 3. The minimum absolute atomic E-state index is 0.139. The van der Waals surface area contributed by atoms with E-state index in [1.54, 1.807) is 11.8 Å². The van der Waals surface area contributed by atoms with Crippen LogP contribution in [0.4, 0.5) is 10.5 Å². The third-order valence-electron chi connectivity index (χ3n) is 5.16. The van der Waals surface area contributed by atoms with Crippen molar-refractivity contribution in [3.8, 4) is 5.75 Å². The molecule has 0 spiro atoms. The predicted octanol–water partition coefficient (Wildman–Crippen LogP) is 2.41. The number of aromatic nitrogens is 2. The molecule has 3 amide bonds. The summed E-state index contributed by atoms with van der Waals surface area (Å²) in [7, 11) is 0. The Balaban J connectivity index is 1.41. The normalized spacial score (nSPS) is 19.1. The minimum atomic E-state index is -0.595. The van der Waals surface area contributed by atoms with Crippen LogP contribution in [0.5, 0.6) is 5.75 Å². The number of likely N-dealkylation sites (tertiary alicyclic amines) is 1. The molecule has 2 aliphatic heterocycles. The zero-order chi connectivity index (χ0) is 20.2. The van der Waals surface area contributed by atoms with Crippen LogP contribution >= 0.6 is 0 Å². The summed E-state index contributed by atoms with van der Waals surface area (Å²) in [6, 6.07) is 4.70. The summed E-state index contributed by atoms with van der Waals surface area (Å²) < 4.78 is 10.9. The first-order valence-corrected chi connectivity index (χ1v) is 10.0. The van der Waals surface area contributed by atoms with E-state index in [1.807, 2.05) is 18.2 Å². The smallest absolute Gasteiger partial charge is 0.319 e. The Kier molecular flexibility index (Phi) is 5.64. The monoisotopic (exact) mass is 399 g/mol. The fourth-order valence-corrected chi connectivity index (χ4v) is 3.77. The summed E-state index contributed by atoms with van der Waals surface area (Å²) in [5, 5.41) is 9.43. The standard InChI is InChI=1S/C20H25N5O4/c1-13-21-17(29-24-13)12-25-10-3-2-8-16(19(25)26)23-20(27)22-15-9-4-6-14-7-5-11-28-18(14)15/h4,6,9,16H,2-3,5,7-8,10-12H2,1H3,(H2,22,23,27). The summed E-state index contributed by atoms with van der Waals surface area (Å²) >= 11 is 0. The van der Waals surface area contributed by atoms with Gasteiger partial charge in [0.05, 0.1) is 12.3 Å². The summed E-state index contributed by atoms with van der Waals surface area (Å²) in [6.45, 7) is 3.22. The molecule has 1 saturated heterocycles. The molecule has 154 valence electrons. The van der Waals surface area contributed by atoms with E-state index in [2.05, 4.69) is 20.8 Å². The molecule has 2 aliphatic rings. The lowest BCUT2D eigenvalue weighted by atomic mass is 10.1. The minimum Gasteiger partial charge on any atom is -0.491 e. The second-order valence-electron chi connectivity index (χ2n) is 7.39. The molecule has 0 saturated carbocycles. The number of benzene rings is 1. The van der Waals surface area contributed by atoms with E-state index in [0.717, 1.165) is 37.0 Å². The van der Waals surface area contributed by atoms with Crippen molar-refractivity contribution in [3.05, 3.63) is 35.5 Å². The molecule has 2 aromatic rings. The van der Waals surface area contributed by atoms with Gasteiger partial charge in [-0.3, -0.25) is 4.79 Å². The fourth-order valence-electron chi connectivity index (χ4n) is 3.77. The van der Waals surface area contributed by atoms with Crippen LogP contribution in [0.2, 0.25) is 0 Å². The van der Waals surface area contributed by atoms with Crippen LogP contribution in [0, 0.1) is 6.92 Å². The van der Waals surface area contributed by atoms with Gasteiger partial charge in [0.15, 0.2) is 5.82 Å². The van der Waals surface area contributed by atoms with Crippen LogP contribution in [0.15, 0.2) is 22.7 Å². The molecule has 1 fully saturated rings. The van der Waals surface area contributed by atoms with E-state index in [-0.39, 0.29) is 12.5 Å². The van der Waals surface area contributed by atoms with Crippen LogP contribution in [0.25, 0.3) is 0 Å². The summed E-state index contributed by atoms with van der Waals surface area (Å²) in [4.78, 5) is 31.4. The number of ether oxygens (including phenoxy) is 1. The van der Waals surface area contributed by atoms with Gasteiger partial charge < -0.3 is 24.8 Å². The van der Waals surface area contributed by atoms with Crippen LogP contribution in [-0.4, -0.2) is 46.2 Å². The predicted molar refractivity (Wildman–Crippen MR) is 105 cm³/mol. The molecule has 3 heterocycles. The van der Waals surface area contributed by atoms with Gasteiger partial charge in [-0.05, 0) is 50.7 Å². The van der Waals surface area contributed by atoms with Crippen molar-refractivity contribution in [1.29, 1.82) is 0 Å². The first kappa shape index (κ1) is 19.2. The van der Waals surface area contributed by atoms with E-state index in [0.29, 0.717) is 37.0 Å². The van der Waals surface area contributed by atoms with E-state index >= 15 is 0 Å². The Bertz CT molecular complexity index is 897. The molecule has 9 heteroatoms. The van der Waals surface area contributed by atoms with E-state index in [4.69, 9.17) is 9.26 Å². The molecule has 4 rings (SSSR count). The average molecular weight is 399 g/mol. The largest absolute Gasteiger partial charge is 0.491 e. The van der Waals surface area contributed by atoms with Crippen molar-refractivity contribution in [2.24, 2.45) is 0 Å². The Morgan fingerprint density at radius 3 is 3.03 bits per heavy atom.